The molecule has 0 saturated carbocycles. The van der Waals surface area contributed by atoms with Crippen LogP contribution >= 0.6 is 23.2 Å². The van der Waals surface area contributed by atoms with E-state index in [0.717, 1.165) is 12.1 Å². The summed E-state index contributed by atoms with van der Waals surface area (Å²) in [6, 6.07) is 5.23. The third-order valence-electron chi connectivity index (χ3n) is 2.87. The maximum atomic E-state index is 10.8. The summed E-state index contributed by atoms with van der Waals surface area (Å²) in [6.07, 6.45) is -1.40. The predicted octanol–water partition coefficient (Wildman–Crippen LogP) is 3.57. The van der Waals surface area contributed by atoms with Crippen LogP contribution in [-0.4, -0.2) is 41.4 Å². The molecule has 0 radical (unpaired) electrons. The number of aromatic nitrogens is 1. The molecule has 20 heavy (non-hydrogen) atoms. The van der Waals surface area contributed by atoms with E-state index in [-0.39, 0.29) is 10.9 Å². The van der Waals surface area contributed by atoms with Crippen LogP contribution in [-0.2, 0) is 6.54 Å². The number of likely N-dealkylation sites (N-methyl/N-ethyl adjacent to an activating group) is 1. The SMILES string of the molecule is CN(C)CCn1c(OC(=O)O)c(Cl)c2cc(Cl)ccc21. The number of rotatable bonds is 4. The Morgan fingerprint density at radius 1 is 1.40 bits per heavy atom. The quantitative estimate of drug-likeness (QED) is 0.876. The maximum absolute atomic E-state index is 10.8. The molecule has 2 aromatic rings. The van der Waals surface area contributed by atoms with Crippen molar-refractivity contribution in [1.29, 1.82) is 0 Å². The first-order valence-corrected chi connectivity index (χ1v) is 6.68. The molecule has 2 rings (SSSR count). The lowest BCUT2D eigenvalue weighted by Gasteiger charge is -2.13. The van der Waals surface area contributed by atoms with Crippen molar-refractivity contribution in [2.75, 3.05) is 20.6 Å². The average molecular weight is 317 g/mol. The lowest BCUT2D eigenvalue weighted by atomic mass is 10.2. The summed E-state index contributed by atoms with van der Waals surface area (Å²) >= 11 is 12.2. The average Bonchev–Trinajstić information content (AvgIpc) is 2.60. The van der Waals surface area contributed by atoms with E-state index in [4.69, 9.17) is 33.0 Å². The zero-order valence-electron chi connectivity index (χ0n) is 11.1. The molecule has 0 fully saturated rings. The van der Waals surface area contributed by atoms with E-state index in [0.29, 0.717) is 17.0 Å². The van der Waals surface area contributed by atoms with Crippen molar-refractivity contribution in [2.24, 2.45) is 0 Å². The molecule has 0 atom stereocenters. The molecule has 0 aliphatic heterocycles. The Labute approximate surface area is 126 Å². The van der Waals surface area contributed by atoms with Gasteiger partial charge in [0.2, 0.25) is 5.88 Å². The van der Waals surface area contributed by atoms with Gasteiger partial charge in [-0.3, -0.25) is 0 Å². The molecule has 0 unspecified atom stereocenters. The lowest BCUT2D eigenvalue weighted by Crippen LogP contribution is -2.19. The minimum absolute atomic E-state index is 0.123. The molecule has 1 N–H and O–H groups in total. The fraction of sp³-hybridized carbons (Fsp3) is 0.308. The number of hydrogen-bond donors (Lipinski definition) is 1. The standard InChI is InChI=1S/C13H14Cl2N2O3/c1-16(2)5-6-17-10-4-3-8(14)7-9(10)11(15)12(17)20-13(18)19/h3-4,7H,5-6H2,1-2H3,(H,18,19). The van der Waals surface area contributed by atoms with Crippen LogP contribution in [0.3, 0.4) is 0 Å². The van der Waals surface area contributed by atoms with E-state index >= 15 is 0 Å². The van der Waals surface area contributed by atoms with Crippen molar-refractivity contribution in [3.63, 3.8) is 0 Å². The number of fused-ring (bicyclic) bond motifs is 1. The van der Waals surface area contributed by atoms with Gasteiger partial charge in [0.05, 0.1) is 5.52 Å². The summed E-state index contributed by atoms with van der Waals surface area (Å²) in [5.74, 6) is 0.123. The summed E-state index contributed by atoms with van der Waals surface area (Å²) in [5, 5.41) is 10.3. The van der Waals surface area contributed by atoms with Gasteiger partial charge in [-0.15, -0.1) is 0 Å². The highest BCUT2D eigenvalue weighted by molar-refractivity contribution is 6.38. The normalized spacial score (nSPS) is 11.2. The molecule has 0 spiro atoms. The van der Waals surface area contributed by atoms with E-state index in [1.54, 1.807) is 22.8 Å². The second-order valence-electron chi connectivity index (χ2n) is 4.60. The second-order valence-corrected chi connectivity index (χ2v) is 5.42. The fourth-order valence-corrected chi connectivity index (χ4v) is 2.43. The molecule has 5 nitrogen and oxygen atoms in total. The molecule has 0 aliphatic rings. The summed E-state index contributed by atoms with van der Waals surface area (Å²) in [4.78, 5) is 12.8. The van der Waals surface area contributed by atoms with Crippen LogP contribution in [0.4, 0.5) is 4.79 Å². The van der Waals surface area contributed by atoms with Gasteiger partial charge in [0.1, 0.15) is 5.02 Å². The van der Waals surface area contributed by atoms with Gasteiger partial charge < -0.3 is 19.3 Å². The van der Waals surface area contributed by atoms with Crippen molar-refractivity contribution < 1.29 is 14.6 Å². The predicted molar refractivity (Wildman–Crippen MR) is 79.2 cm³/mol. The third-order valence-corrected chi connectivity index (χ3v) is 3.47. The monoisotopic (exact) mass is 316 g/mol. The van der Waals surface area contributed by atoms with E-state index < -0.39 is 6.16 Å². The Morgan fingerprint density at radius 3 is 2.70 bits per heavy atom. The van der Waals surface area contributed by atoms with Gasteiger partial charge in [0.25, 0.3) is 0 Å². The number of ether oxygens (including phenoxy) is 1. The third kappa shape index (κ3) is 3.00. The smallest absolute Gasteiger partial charge is 0.449 e. The van der Waals surface area contributed by atoms with E-state index in [1.165, 1.54) is 0 Å². The molecule has 0 saturated heterocycles. The summed E-state index contributed by atoms with van der Waals surface area (Å²) in [5.41, 5.74) is 0.789. The highest BCUT2D eigenvalue weighted by Gasteiger charge is 2.19. The zero-order valence-corrected chi connectivity index (χ0v) is 12.6. The van der Waals surface area contributed by atoms with Crippen molar-refractivity contribution in [3.8, 4) is 5.88 Å². The topological polar surface area (TPSA) is 54.7 Å². The van der Waals surface area contributed by atoms with Crippen molar-refractivity contribution in [1.82, 2.24) is 9.47 Å². The number of carbonyl (C=O) groups is 1. The van der Waals surface area contributed by atoms with Crippen molar-refractivity contribution in [3.05, 3.63) is 28.2 Å². The Balaban J connectivity index is 2.57. The van der Waals surface area contributed by atoms with E-state index in [2.05, 4.69) is 0 Å². The Hall–Kier alpha value is -1.43. The molecule has 1 aromatic heterocycles. The maximum Gasteiger partial charge on any atom is 0.512 e. The highest BCUT2D eigenvalue weighted by Crippen LogP contribution is 2.37. The van der Waals surface area contributed by atoms with Gasteiger partial charge in [0, 0.05) is 23.5 Å². The number of carboxylic acid groups (broad SMARTS) is 1. The van der Waals surface area contributed by atoms with Crippen LogP contribution in [0.15, 0.2) is 18.2 Å². The van der Waals surface area contributed by atoms with Crippen LogP contribution in [0.1, 0.15) is 0 Å². The largest absolute Gasteiger partial charge is 0.512 e. The summed E-state index contributed by atoms with van der Waals surface area (Å²) in [6.45, 7) is 1.28. The molecule has 0 amide bonds. The van der Waals surface area contributed by atoms with E-state index in [9.17, 15) is 4.79 Å². The molecule has 0 bridgehead atoms. The molecule has 1 aromatic carbocycles. The van der Waals surface area contributed by atoms with Crippen LogP contribution < -0.4 is 4.74 Å². The molecular weight excluding hydrogens is 303 g/mol. The molecule has 1 heterocycles. The molecule has 7 heteroatoms. The van der Waals surface area contributed by atoms with E-state index in [1.807, 2.05) is 19.0 Å². The van der Waals surface area contributed by atoms with Crippen LogP contribution in [0.2, 0.25) is 10.0 Å². The first kappa shape index (κ1) is 15.0. The Morgan fingerprint density at radius 2 is 2.10 bits per heavy atom. The Bertz CT molecular complexity index is 653. The summed E-state index contributed by atoms with van der Waals surface area (Å²) in [7, 11) is 3.86. The van der Waals surface area contributed by atoms with Crippen molar-refractivity contribution in [2.45, 2.75) is 6.54 Å². The van der Waals surface area contributed by atoms with Crippen molar-refractivity contribution >= 4 is 40.3 Å². The number of nitrogens with zero attached hydrogens (tertiary/aromatic N) is 2. The number of halogens is 2. The van der Waals surface area contributed by atoms with Gasteiger partial charge >= 0.3 is 6.16 Å². The number of benzene rings is 1. The van der Waals surface area contributed by atoms with Gasteiger partial charge in [0.15, 0.2) is 0 Å². The lowest BCUT2D eigenvalue weighted by molar-refractivity contribution is 0.140. The van der Waals surface area contributed by atoms with Crippen LogP contribution in [0.25, 0.3) is 10.9 Å². The highest BCUT2D eigenvalue weighted by atomic mass is 35.5. The molecule has 0 aliphatic carbocycles. The first-order valence-electron chi connectivity index (χ1n) is 5.93. The zero-order chi connectivity index (χ0) is 14.9. The fourth-order valence-electron chi connectivity index (χ4n) is 1.97. The van der Waals surface area contributed by atoms with Crippen LogP contribution in [0, 0.1) is 0 Å². The van der Waals surface area contributed by atoms with Crippen LogP contribution in [0.5, 0.6) is 5.88 Å². The number of hydrogen-bond acceptors (Lipinski definition) is 3. The molecule has 108 valence electrons. The minimum Gasteiger partial charge on any atom is -0.449 e. The second kappa shape index (κ2) is 5.91. The Kier molecular flexibility index (Phi) is 4.42. The van der Waals surface area contributed by atoms with Gasteiger partial charge in [-0.1, -0.05) is 23.2 Å². The first-order chi connectivity index (χ1) is 9.40. The molecular formula is C13H14Cl2N2O3. The van der Waals surface area contributed by atoms with Gasteiger partial charge in [-0.25, -0.2) is 4.79 Å². The van der Waals surface area contributed by atoms with Gasteiger partial charge in [-0.2, -0.15) is 0 Å². The van der Waals surface area contributed by atoms with Gasteiger partial charge in [-0.05, 0) is 32.3 Å². The minimum atomic E-state index is -1.40. The summed E-state index contributed by atoms with van der Waals surface area (Å²) < 4.78 is 6.56.